The van der Waals surface area contributed by atoms with Gasteiger partial charge in [-0.25, -0.2) is 4.68 Å². The number of halogens is 1. The third-order valence-corrected chi connectivity index (χ3v) is 2.41. The fourth-order valence-corrected chi connectivity index (χ4v) is 1.58. The zero-order valence-corrected chi connectivity index (χ0v) is 9.42. The first-order chi connectivity index (χ1) is 6.81. The molecule has 0 unspecified atom stereocenters. The van der Waals surface area contributed by atoms with E-state index in [-0.39, 0.29) is 6.61 Å². The Labute approximate surface area is 94.7 Å². The lowest BCUT2D eigenvalue weighted by atomic mass is 10.2. The van der Waals surface area contributed by atoms with Crippen molar-refractivity contribution in [1.82, 2.24) is 14.8 Å². The van der Waals surface area contributed by atoms with E-state index in [0.29, 0.717) is 0 Å². The Morgan fingerprint density at radius 3 is 2.93 bits per heavy atom. The minimum Gasteiger partial charge on any atom is -0.392 e. The number of aliphatic hydroxyl groups is 1. The molecule has 2 aromatic rings. The van der Waals surface area contributed by atoms with Crippen molar-refractivity contribution in [3.8, 4) is 5.69 Å². The summed E-state index contributed by atoms with van der Waals surface area (Å²) in [6.07, 6.45) is 6.99. The van der Waals surface area contributed by atoms with Gasteiger partial charge in [-0.2, -0.15) is 5.10 Å². The first kappa shape index (κ1) is 9.60. The maximum atomic E-state index is 9.12. The zero-order valence-electron chi connectivity index (χ0n) is 7.26. The van der Waals surface area contributed by atoms with Crippen LogP contribution in [0.1, 0.15) is 5.56 Å². The molecule has 0 aliphatic carbocycles. The summed E-state index contributed by atoms with van der Waals surface area (Å²) in [7, 11) is 0. The summed E-state index contributed by atoms with van der Waals surface area (Å²) in [5.74, 6) is 0. The first-order valence-electron chi connectivity index (χ1n) is 4.05. The molecule has 2 rings (SSSR count). The molecule has 5 heteroatoms. The highest BCUT2D eigenvalue weighted by molar-refractivity contribution is 14.1. The predicted molar refractivity (Wildman–Crippen MR) is 60.0 cm³/mol. The van der Waals surface area contributed by atoms with E-state index in [2.05, 4.69) is 32.7 Å². The molecule has 0 spiro atoms. The van der Waals surface area contributed by atoms with Crippen LogP contribution in [0.2, 0.25) is 0 Å². The third kappa shape index (κ3) is 1.78. The van der Waals surface area contributed by atoms with Crippen LogP contribution in [0, 0.1) is 3.57 Å². The van der Waals surface area contributed by atoms with E-state index in [1.54, 1.807) is 29.3 Å². The Kier molecular flexibility index (Phi) is 2.78. The third-order valence-electron chi connectivity index (χ3n) is 1.86. The Hall–Kier alpha value is -0.950. The SMILES string of the molecule is OCc1ccncc1-n1cc(I)cn1. The van der Waals surface area contributed by atoms with Crippen LogP contribution in [0.5, 0.6) is 0 Å². The summed E-state index contributed by atoms with van der Waals surface area (Å²) in [5.41, 5.74) is 1.64. The monoisotopic (exact) mass is 301 g/mol. The summed E-state index contributed by atoms with van der Waals surface area (Å²) >= 11 is 2.18. The van der Waals surface area contributed by atoms with Crippen molar-refractivity contribution in [3.05, 3.63) is 40.0 Å². The fourth-order valence-electron chi connectivity index (χ4n) is 1.19. The van der Waals surface area contributed by atoms with Crippen LogP contribution >= 0.6 is 22.6 Å². The van der Waals surface area contributed by atoms with Crippen molar-refractivity contribution in [1.29, 1.82) is 0 Å². The second-order valence-electron chi connectivity index (χ2n) is 2.77. The average molecular weight is 301 g/mol. The molecule has 0 atom stereocenters. The van der Waals surface area contributed by atoms with Gasteiger partial charge in [0.2, 0.25) is 0 Å². The normalized spacial score (nSPS) is 10.4. The number of aromatic nitrogens is 3. The maximum absolute atomic E-state index is 9.12. The van der Waals surface area contributed by atoms with Crippen molar-refractivity contribution in [2.45, 2.75) is 6.61 Å². The van der Waals surface area contributed by atoms with E-state index in [0.717, 1.165) is 14.8 Å². The second kappa shape index (κ2) is 4.05. The molecule has 0 bridgehead atoms. The van der Waals surface area contributed by atoms with Crippen LogP contribution < -0.4 is 0 Å². The first-order valence-corrected chi connectivity index (χ1v) is 5.13. The highest BCUT2D eigenvalue weighted by Crippen LogP contribution is 2.13. The lowest BCUT2D eigenvalue weighted by molar-refractivity contribution is 0.281. The molecule has 14 heavy (non-hydrogen) atoms. The predicted octanol–water partition coefficient (Wildman–Crippen LogP) is 1.36. The van der Waals surface area contributed by atoms with Crippen LogP contribution in [0.15, 0.2) is 30.9 Å². The summed E-state index contributed by atoms with van der Waals surface area (Å²) < 4.78 is 2.76. The molecule has 1 N–H and O–H groups in total. The molecule has 0 aliphatic rings. The van der Waals surface area contributed by atoms with E-state index in [1.165, 1.54) is 0 Å². The summed E-state index contributed by atoms with van der Waals surface area (Å²) in [6, 6.07) is 1.78. The van der Waals surface area contributed by atoms with Crippen LogP contribution in [0.25, 0.3) is 5.69 Å². The van der Waals surface area contributed by atoms with Crippen molar-refractivity contribution in [3.63, 3.8) is 0 Å². The lowest BCUT2D eigenvalue weighted by Gasteiger charge is -2.05. The number of pyridine rings is 1. The minimum absolute atomic E-state index is 0.00566. The quantitative estimate of drug-likeness (QED) is 0.852. The zero-order chi connectivity index (χ0) is 9.97. The second-order valence-corrected chi connectivity index (χ2v) is 4.01. The van der Waals surface area contributed by atoms with Crippen LogP contribution in [0.4, 0.5) is 0 Å². The number of aliphatic hydroxyl groups excluding tert-OH is 1. The van der Waals surface area contributed by atoms with Gasteiger partial charge >= 0.3 is 0 Å². The van der Waals surface area contributed by atoms with Gasteiger partial charge in [0, 0.05) is 18.0 Å². The summed E-state index contributed by atoms with van der Waals surface area (Å²) in [4.78, 5) is 4.00. The molecular weight excluding hydrogens is 293 g/mol. The fraction of sp³-hybridized carbons (Fsp3) is 0.111. The Balaban J connectivity index is 2.50. The summed E-state index contributed by atoms with van der Waals surface area (Å²) in [6.45, 7) is -0.00566. The van der Waals surface area contributed by atoms with Gasteiger partial charge < -0.3 is 5.11 Å². The highest BCUT2D eigenvalue weighted by Gasteiger charge is 2.04. The van der Waals surface area contributed by atoms with Crippen molar-refractivity contribution in [2.75, 3.05) is 0 Å². The molecule has 0 amide bonds. The standard InChI is InChI=1S/C9H8IN3O/c10-8-3-12-13(5-8)9-4-11-2-1-7(9)6-14/h1-5,14H,6H2. The van der Waals surface area contributed by atoms with Gasteiger partial charge in [0.05, 0.1) is 28.3 Å². The molecule has 0 fully saturated rings. The number of nitrogens with zero attached hydrogens (tertiary/aromatic N) is 3. The highest BCUT2D eigenvalue weighted by atomic mass is 127. The minimum atomic E-state index is -0.00566. The molecule has 4 nitrogen and oxygen atoms in total. The molecule has 72 valence electrons. The topological polar surface area (TPSA) is 50.9 Å². The molecule has 0 radical (unpaired) electrons. The van der Waals surface area contributed by atoms with E-state index in [1.807, 2.05) is 6.20 Å². The Bertz CT molecular complexity index is 441. The smallest absolute Gasteiger partial charge is 0.0884 e. The van der Waals surface area contributed by atoms with Gasteiger partial charge in [0.15, 0.2) is 0 Å². The van der Waals surface area contributed by atoms with Crippen LogP contribution in [-0.2, 0) is 6.61 Å². The molecule has 2 aromatic heterocycles. The molecular formula is C9H8IN3O. The molecule has 0 aromatic carbocycles. The number of hydrogen-bond donors (Lipinski definition) is 1. The van der Waals surface area contributed by atoms with Crippen molar-refractivity contribution < 1.29 is 5.11 Å². The number of rotatable bonds is 2. The van der Waals surface area contributed by atoms with E-state index >= 15 is 0 Å². The average Bonchev–Trinajstić information content (AvgIpc) is 2.65. The van der Waals surface area contributed by atoms with Gasteiger partial charge in [-0.3, -0.25) is 4.98 Å². The van der Waals surface area contributed by atoms with Gasteiger partial charge in [-0.15, -0.1) is 0 Å². The van der Waals surface area contributed by atoms with E-state index in [4.69, 9.17) is 5.11 Å². The summed E-state index contributed by atoms with van der Waals surface area (Å²) in [5, 5.41) is 13.3. The largest absolute Gasteiger partial charge is 0.392 e. The van der Waals surface area contributed by atoms with Crippen molar-refractivity contribution in [2.24, 2.45) is 0 Å². The molecule has 0 saturated heterocycles. The van der Waals surface area contributed by atoms with Gasteiger partial charge in [-0.1, -0.05) is 0 Å². The van der Waals surface area contributed by atoms with Gasteiger partial charge in [-0.05, 0) is 28.7 Å². The Morgan fingerprint density at radius 1 is 1.43 bits per heavy atom. The van der Waals surface area contributed by atoms with Crippen LogP contribution in [0.3, 0.4) is 0 Å². The van der Waals surface area contributed by atoms with Crippen molar-refractivity contribution >= 4 is 22.6 Å². The Morgan fingerprint density at radius 2 is 2.29 bits per heavy atom. The molecule has 0 saturated carbocycles. The number of hydrogen-bond acceptors (Lipinski definition) is 3. The molecule has 2 heterocycles. The lowest BCUT2D eigenvalue weighted by Crippen LogP contribution is -2.00. The van der Waals surface area contributed by atoms with E-state index in [9.17, 15) is 0 Å². The van der Waals surface area contributed by atoms with Gasteiger partial charge in [0.25, 0.3) is 0 Å². The van der Waals surface area contributed by atoms with E-state index < -0.39 is 0 Å². The molecule has 0 aliphatic heterocycles. The van der Waals surface area contributed by atoms with Gasteiger partial charge in [0.1, 0.15) is 0 Å². The maximum Gasteiger partial charge on any atom is 0.0884 e. The van der Waals surface area contributed by atoms with Crippen LogP contribution in [-0.4, -0.2) is 19.9 Å².